The predicted octanol–water partition coefficient (Wildman–Crippen LogP) is 4.48. The zero-order valence-electron chi connectivity index (χ0n) is 15.5. The number of aryl methyl sites for hydroxylation is 1. The van der Waals surface area contributed by atoms with Gasteiger partial charge in [-0.15, -0.1) is 0 Å². The summed E-state index contributed by atoms with van der Waals surface area (Å²) >= 11 is 0. The van der Waals surface area contributed by atoms with E-state index in [0.717, 1.165) is 42.4 Å². The number of benzene rings is 1. The van der Waals surface area contributed by atoms with Crippen LogP contribution in [0.2, 0.25) is 0 Å². The number of rotatable bonds is 5. The number of piperazine rings is 1. The predicted molar refractivity (Wildman–Crippen MR) is 105 cm³/mol. The number of nitrogens with zero attached hydrogens (tertiary/aromatic N) is 3. The molecule has 1 unspecified atom stereocenters. The van der Waals surface area contributed by atoms with E-state index in [1.165, 1.54) is 11.1 Å². The molecule has 24 heavy (non-hydrogen) atoms. The standard InChI is InChI=1S/C21H29N3/c1-15(2)22-17(4)14-23-12-13-24(19(6)18(23)5)20(7)21-10-8-16(3)9-11-21/h8-11,19H,1,5,7,12-14H2,2-4,6H3. The number of allylic oxidation sites excluding steroid dienone is 1. The van der Waals surface area contributed by atoms with E-state index in [-0.39, 0.29) is 6.04 Å². The van der Waals surface area contributed by atoms with Crippen molar-refractivity contribution in [2.75, 3.05) is 19.6 Å². The fraction of sp³-hybridized carbons (Fsp3) is 0.381. The summed E-state index contributed by atoms with van der Waals surface area (Å²) in [6.07, 6.45) is 0. The average Bonchev–Trinajstić information content (AvgIpc) is 2.51. The van der Waals surface area contributed by atoms with Crippen molar-refractivity contribution in [2.24, 2.45) is 4.99 Å². The Morgan fingerprint density at radius 2 is 1.79 bits per heavy atom. The van der Waals surface area contributed by atoms with Gasteiger partial charge in [-0.3, -0.25) is 4.99 Å². The van der Waals surface area contributed by atoms with E-state index < -0.39 is 0 Å². The summed E-state index contributed by atoms with van der Waals surface area (Å²) < 4.78 is 0. The lowest BCUT2D eigenvalue weighted by molar-refractivity contribution is 0.199. The average molecular weight is 323 g/mol. The van der Waals surface area contributed by atoms with Gasteiger partial charge >= 0.3 is 0 Å². The SMILES string of the molecule is C=C(C)N=C(C)CN1CCN(C(=C)c2ccc(C)cc2)C(C)C1=C. The van der Waals surface area contributed by atoms with Crippen molar-refractivity contribution in [3.8, 4) is 0 Å². The van der Waals surface area contributed by atoms with Crippen molar-refractivity contribution in [2.45, 2.75) is 33.7 Å². The van der Waals surface area contributed by atoms with Gasteiger partial charge < -0.3 is 9.80 Å². The molecule has 0 aromatic heterocycles. The molecule has 1 heterocycles. The molecule has 0 N–H and O–H groups in total. The minimum absolute atomic E-state index is 0.227. The van der Waals surface area contributed by atoms with Crippen LogP contribution in [0.1, 0.15) is 31.9 Å². The summed E-state index contributed by atoms with van der Waals surface area (Å²) in [5.41, 5.74) is 6.54. The topological polar surface area (TPSA) is 18.8 Å². The molecule has 0 radical (unpaired) electrons. The van der Waals surface area contributed by atoms with Crippen LogP contribution < -0.4 is 0 Å². The zero-order chi connectivity index (χ0) is 17.9. The Morgan fingerprint density at radius 1 is 1.17 bits per heavy atom. The van der Waals surface area contributed by atoms with Crippen LogP contribution in [-0.2, 0) is 0 Å². The highest BCUT2D eigenvalue weighted by Gasteiger charge is 2.28. The molecular weight excluding hydrogens is 294 g/mol. The molecule has 1 aromatic rings. The monoisotopic (exact) mass is 323 g/mol. The molecule has 0 saturated carbocycles. The highest BCUT2D eigenvalue weighted by Crippen LogP contribution is 2.27. The molecule has 1 aliphatic heterocycles. The molecule has 1 aliphatic rings. The van der Waals surface area contributed by atoms with E-state index in [2.05, 4.69) is 72.6 Å². The van der Waals surface area contributed by atoms with Gasteiger partial charge in [-0.25, -0.2) is 0 Å². The van der Waals surface area contributed by atoms with Crippen LogP contribution in [-0.4, -0.2) is 41.2 Å². The van der Waals surface area contributed by atoms with E-state index in [1.807, 2.05) is 13.8 Å². The first-order valence-corrected chi connectivity index (χ1v) is 8.45. The number of hydrogen-bond acceptors (Lipinski definition) is 3. The van der Waals surface area contributed by atoms with Crippen LogP contribution in [0.15, 0.2) is 60.4 Å². The first-order chi connectivity index (χ1) is 11.3. The largest absolute Gasteiger partial charge is 0.366 e. The van der Waals surface area contributed by atoms with Crippen molar-refractivity contribution in [1.82, 2.24) is 9.80 Å². The van der Waals surface area contributed by atoms with Crippen molar-refractivity contribution >= 4 is 11.4 Å². The summed E-state index contributed by atoms with van der Waals surface area (Å²) in [4.78, 5) is 9.10. The maximum absolute atomic E-state index is 4.45. The highest BCUT2D eigenvalue weighted by atomic mass is 15.3. The summed E-state index contributed by atoms with van der Waals surface area (Å²) in [7, 11) is 0. The first-order valence-electron chi connectivity index (χ1n) is 8.45. The van der Waals surface area contributed by atoms with Gasteiger partial charge in [0.1, 0.15) is 0 Å². The molecule has 0 amide bonds. The number of aliphatic imine (C=N–C) groups is 1. The molecule has 128 valence electrons. The molecule has 0 bridgehead atoms. The first kappa shape index (κ1) is 18.1. The lowest BCUT2D eigenvalue weighted by Gasteiger charge is -2.44. The summed E-state index contributed by atoms with van der Waals surface area (Å²) in [5.74, 6) is 0. The van der Waals surface area contributed by atoms with Crippen LogP contribution >= 0.6 is 0 Å². The van der Waals surface area contributed by atoms with Crippen molar-refractivity contribution in [3.05, 3.63) is 66.5 Å². The van der Waals surface area contributed by atoms with Gasteiger partial charge in [-0.05, 0) is 33.3 Å². The fourth-order valence-corrected chi connectivity index (χ4v) is 3.11. The maximum atomic E-state index is 4.45. The van der Waals surface area contributed by atoms with Gasteiger partial charge in [0.05, 0.1) is 12.6 Å². The van der Waals surface area contributed by atoms with E-state index in [0.29, 0.717) is 0 Å². The minimum Gasteiger partial charge on any atom is -0.366 e. The third-order valence-corrected chi connectivity index (χ3v) is 4.50. The van der Waals surface area contributed by atoms with Gasteiger partial charge in [-0.2, -0.15) is 0 Å². The van der Waals surface area contributed by atoms with Gasteiger partial charge in [-0.1, -0.05) is 49.6 Å². The quantitative estimate of drug-likeness (QED) is 0.744. The van der Waals surface area contributed by atoms with E-state index >= 15 is 0 Å². The lowest BCUT2D eigenvalue weighted by atomic mass is 10.0. The van der Waals surface area contributed by atoms with Gasteiger partial charge in [0, 0.05) is 35.9 Å². The summed E-state index contributed by atoms with van der Waals surface area (Å²) in [6, 6.07) is 8.78. The van der Waals surface area contributed by atoms with Crippen molar-refractivity contribution < 1.29 is 0 Å². The molecule has 3 nitrogen and oxygen atoms in total. The Kier molecular flexibility index (Phi) is 5.66. The molecule has 1 aromatic carbocycles. The van der Waals surface area contributed by atoms with Gasteiger partial charge in [0.15, 0.2) is 0 Å². The molecule has 1 atom stereocenters. The Bertz CT molecular complexity index is 667. The highest BCUT2D eigenvalue weighted by molar-refractivity contribution is 5.85. The molecular formula is C21H29N3. The number of hydrogen-bond donors (Lipinski definition) is 0. The van der Waals surface area contributed by atoms with Crippen LogP contribution in [0.25, 0.3) is 5.70 Å². The molecule has 1 saturated heterocycles. The van der Waals surface area contributed by atoms with Crippen LogP contribution in [0.3, 0.4) is 0 Å². The smallest absolute Gasteiger partial charge is 0.0657 e. The van der Waals surface area contributed by atoms with Gasteiger partial charge in [0.25, 0.3) is 0 Å². The Labute approximate surface area is 146 Å². The Morgan fingerprint density at radius 3 is 2.38 bits per heavy atom. The summed E-state index contributed by atoms with van der Waals surface area (Å²) in [5, 5.41) is 0. The molecule has 2 rings (SSSR count). The van der Waals surface area contributed by atoms with Crippen LogP contribution in [0.4, 0.5) is 0 Å². The van der Waals surface area contributed by atoms with Crippen LogP contribution in [0.5, 0.6) is 0 Å². The molecule has 0 aliphatic carbocycles. The van der Waals surface area contributed by atoms with Crippen LogP contribution in [0, 0.1) is 6.92 Å². The van der Waals surface area contributed by atoms with Crippen molar-refractivity contribution in [1.29, 1.82) is 0 Å². The van der Waals surface area contributed by atoms with E-state index in [9.17, 15) is 0 Å². The van der Waals surface area contributed by atoms with Gasteiger partial charge in [0.2, 0.25) is 0 Å². The molecule has 3 heteroatoms. The maximum Gasteiger partial charge on any atom is 0.0657 e. The fourth-order valence-electron chi connectivity index (χ4n) is 3.11. The second-order valence-electron chi connectivity index (χ2n) is 6.68. The normalized spacial score (nSPS) is 18.8. The lowest BCUT2D eigenvalue weighted by Crippen LogP contribution is -2.49. The summed E-state index contributed by atoms with van der Waals surface area (Å²) in [6.45, 7) is 23.4. The molecule has 0 spiro atoms. The second kappa shape index (κ2) is 7.52. The van der Waals surface area contributed by atoms with Crippen molar-refractivity contribution in [3.63, 3.8) is 0 Å². The van der Waals surface area contributed by atoms with E-state index in [4.69, 9.17) is 0 Å². The third kappa shape index (κ3) is 4.16. The van der Waals surface area contributed by atoms with E-state index in [1.54, 1.807) is 0 Å². The molecule has 1 fully saturated rings. The Balaban J connectivity index is 2.08. The third-order valence-electron chi connectivity index (χ3n) is 4.50. The second-order valence-corrected chi connectivity index (χ2v) is 6.68. The minimum atomic E-state index is 0.227. The Hall–Kier alpha value is -2.29. The zero-order valence-corrected chi connectivity index (χ0v) is 15.5.